The second kappa shape index (κ2) is 7.14. The Morgan fingerprint density at radius 1 is 1.43 bits per heavy atom. The Morgan fingerprint density at radius 3 is 2.57 bits per heavy atom. The third-order valence-corrected chi connectivity index (χ3v) is 5.18. The molecular weight excluding hydrogens is 288 g/mol. The number of esters is 1. The smallest absolute Gasteiger partial charge is 0.315 e. The molecule has 1 N–H and O–H groups in total. The van der Waals surface area contributed by atoms with Crippen LogP contribution >= 0.6 is 0 Å². The second-order valence-electron chi connectivity index (χ2n) is 6.55. The summed E-state index contributed by atoms with van der Waals surface area (Å²) in [5.74, 6) is 0.337. The quantitative estimate of drug-likeness (QED) is 0.660. The molecule has 1 aromatic rings. The molecule has 3 atom stereocenters. The van der Waals surface area contributed by atoms with Crippen molar-refractivity contribution in [3.63, 3.8) is 0 Å². The highest BCUT2D eigenvalue weighted by Crippen LogP contribution is 2.50. The Kier molecular flexibility index (Phi) is 5.42. The highest BCUT2D eigenvalue weighted by Gasteiger charge is 2.45. The van der Waals surface area contributed by atoms with Crippen LogP contribution in [0.4, 0.5) is 0 Å². The summed E-state index contributed by atoms with van der Waals surface area (Å²) >= 11 is 0. The maximum atomic E-state index is 12.3. The summed E-state index contributed by atoms with van der Waals surface area (Å²) in [6, 6.07) is 7.96. The van der Waals surface area contributed by atoms with E-state index in [-0.39, 0.29) is 18.5 Å². The summed E-state index contributed by atoms with van der Waals surface area (Å²) in [6.45, 7) is 10.1. The molecule has 0 heterocycles. The normalized spacial score (nSPS) is 27.3. The fourth-order valence-electron chi connectivity index (χ4n) is 3.72. The Bertz CT molecular complexity index is 587. The molecule has 0 amide bonds. The van der Waals surface area contributed by atoms with E-state index in [0.717, 1.165) is 24.0 Å². The van der Waals surface area contributed by atoms with Crippen LogP contribution in [0.3, 0.4) is 0 Å². The predicted octanol–water partition coefficient (Wildman–Crippen LogP) is 3.98. The van der Waals surface area contributed by atoms with Gasteiger partial charge < -0.3 is 9.84 Å². The minimum absolute atomic E-state index is 0.0353. The monoisotopic (exact) mass is 314 g/mol. The molecule has 0 radical (unpaired) electrons. The lowest BCUT2D eigenvalue weighted by Crippen LogP contribution is -2.38. The lowest BCUT2D eigenvalue weighted by molar-refractivity contribution is -0.152. The lowest BCUT2D eigenvalue weighted by Gasteiger charge is -2.42. The van der Waals surface area contributed by atoms with E-state index < -0.39 is 5.41 Å². The summed E-state index contributed by atoms with van der Waals surface area (Å²) < 4.78 is 5.03. The first-order chi connectivity index (χ1) is 11.0. The first kappa shape index (κ1) is 17.5. The molecule has 0 aromatic heterocycles. The van der Waals surface area contributed by atoms with Crippen LogP contribution in [0.5, 0.6) is 0 Å². The fourth-order valence-corrected chi connectivity index (χ4v) is 3.72. The van der Waals surface area contributed by atoms with Gasteiger partial charge in [-0.3, -0.25) is 4.79 Å². The summed E-state index contributed by atoms with van der Waals surface area (Å²) in [7, 11) is 1.43. The Balaban J connectivity index is 2.38. The van der Waals surface area contributed by atoms with E-state index in [2.05, 4.69) is 20.1 Å². The zero-order chi connectivity index (χ0) is 17.0. The van der Waals surface area contributed by atoms with Gasteiger partial charge in [-0.25, -0.2) is 0 Å². The predicted molar refractivity (Wildman–Crippen MR) is 91.9 cm³/mol. The van der Waals surface area contributed by atoms with E-state index in [1.807, 2.05) is 24.3 Å². The molecule has 0 bridgehead atoms. The number of benzene rings is 1. The van der Waals surface area contributed by atoms with Crippen LogP contribution < -0.4 is 0 Å². The van der Waals surface area contributed by atoms with Crippen LogP contribution in [0.15, 0.2) is 49.1 Å². The first-order valence-corrected chi connectivity index (χ1v) is 8.04. The molecular formula is C20H26O3. The number of carbonyl (C=O) groups excluding carboxylic acids is 1. The molecule has 1 fully saturated rings. The van der Waals surface area contributed by atoms with Gasteiger partial charge in [0.05, 0.1) is 19.1 Å². The van der Waals surface area contributed by atoms with Crippen molar-refractivity contribution >= 4 is 5.97 Å². The van der Waals surface area contributed by atoms with Crippen molar-refractivity contribution in [1.29, 1.82) is 0 Å². The molecule has 124 valence electrons. The van der Waals surface area contributed by atoms with Gasteiger partial charge in [0.15, 0.2) is 0 Å². The number of ether oxygens (including phenoxy) is 1. The van der Waals surface area contributed by atoms with E-state index in [0.29, 0.717) is 12.3 Å². The van der Waals surface area contributed by atoms with E-state index in [1.54, 1.807) is 6.08 Å². The SMILES string of the molecule is C=C[C@]1(C(=O)OC)CC[C@@H](C(=C)C)[C@H](c2ccc(CO)cc2)C1. The van der Waals surface area contributed by atoms with Crippen LogP contribution in [0.2, 0.25) is 0 Å². The van der Waals surface area contributed by atoms with Crippen molar-refractivity contribution in [2.45, 2.75) is 38.7 Å². The van der Waals surface area contributed by atoms with E-state index in [4.69, 9.17) is 4.74 Å². The summed E-state index contributed by atoms with van der Waals surface area (Å²) in [6.07, 6.45) is 4.07. The van der Waals surface area contributed by atoms with Gasteiger partial charge >= 0.3 is 5.97 Å². The Morgan fingerprint density at radius 2 is 2.09 bits per heavy atom. The number of hydrogen-bond donors (Lipinski definition) is 1. The average Bonchev–Trinajstić information content (AvgIpc) is 2.60. The highest BCUT2D eigenvalue weighted by molar-refractivity contribution is 5.79. The number of allylic oxidation sites excluding steroid dienone is 1. The topological polar surface area (TPSA) is 46.5 Å². The van der Waals surface area contributed by atoms with Crippen molar-refractivity contribution in [1.82, 2.24) is 0 Å². The molecule has 23 heavy (non-hydrogen) atoms. The van der Waals surface area contributed by atoms with Gasteiger partial charge in [-0.2, -0.15) is 0 Å². The molecule has 0 aliphatic heterocycles. The largest absolute Gasteiger partial charge is 0.468 e. The molecule has 1 aromatic carbocycles. The van der Waals surface area contributed by atoms with Gasteiger partial charge in [0.25, 0.3) is 0 Å². The van der Waals surface area contributed by atoms with Crippen molar-refractivity contribution in [2.24, 2.45) is 11.3 Å². The summed E-state index contributed by atoms with van der Waals surface area (Å²) in [5, 5.41) is 9.22. The maximum absolute atomic E-state index is 12.3. The van der Waals surface area contributed by atoms with Gasteiger partial charge in [-0.05, 0) is 49.1 Å². The number of rotatable bonds is 5. The van der Waals surface area contributed by atoms with Gasteiger partial charge in [0.2, 0.25) is 0 Å². The molecule has 3 heteroatoms. The average molecular weight is 314 g/mol. The van der Waals surface area contributed by atoms with E-state index in [9.17, 15) is 9.90 Å². The van der Waals surface area contributed by atoms with Crippen molar-refractivity contribution in [2.75, 3.05) is 7.11 Å². The van der Waals surface area contributed by atoms with Crippen LogP contribution in [0.1, 0.15) is 43.2 Å². The van der Waals surface area contributed by atoms with E-state index in [1.165, 1.54) is 12.7 Å². The Labute approximate surface area is 138 Å². The molecule has 1 aliphatic carbocycles. The minimum atomic E-state index is -0.624. The summed E-state index contributed by atoms with van der Waals surface area (Å²) in [4.78, 5) is 12.3. The number of aliphatic hydroxyl groups is 1. The standard InChI is InChI=1S/C20H26O3/c1-5-20(19(22)23-4)11-10-17(14(2)3)18(12-20)16-8-6-15(13-21)7-9-16/h5-9,17-18,21H,1-2,10-13H2,3-4H3/t17-,18-,20-/m0/s1. The van der Waals surface area contributed by atoms with Gasteiger partial charge in [-0.1, -0.05) is 42.5 Å². The van der Waals surface area contributed by atoms with Crippen LogP contribution in [0, 0.1) is 11.3 Å². The number of carbonyl (C=O) groups is 1. The van der Waals surface area contributed by atoms with Crippen LogP contribution in [0.25, 0.3) is 0 Å². The zero-order valence-corrected chi connectivity index (χ0v) is 14.0. The van der Waals surface area contributed by atoms with Gasteiger partial charge in [0, 0.05) is 0 Å². The second-order valence-corrected chi connectivity index (χ2v) is 6.55. The van der Waals surface area contributed by atoms with Crippen molar-refractivity contribution in [3.8, 4) is 0 Å². The molecule has 1 aliphatic rings. The van der Waals surface area contributed by atoms with Gasteiger partial charge in [-0.15, -0.1) is 6.58 Å². The first-order valence-electron chi connectivity index (χ1n) is 8.04. The van der Waals surface area contributed by atoms with E-state index >= 15 is 0 Å². The van der Waals surface area contributed by atoms with Crippen LogP contribution in [-0.2, 0) is 16.1 Å². The minimum Gasteiger partial charge on any atom is -0.468 e. The third kappa shape index (κ3) is 3.40. The number of hydrogen-bond acceptors (Lipinski definition) is 3. The molecule has 3 nitrogen and oxygen atoms in total. The maximum Gasteiger partial charge on any atom is 0.315 e. The molecule has 0 saturated heterocycles. The third-order valence-electron chi connectivity index (χ3n) is 5.18. The zero-order valence-electron chi connectivity index (χ0n) is 14.0. The molecule has 0 unspecified atom stereocenters. The lowest BCUT2D eigenvalue weighted by atomic mass is 9.62. The molecule has 0 spiro atoms. The summed E-state index contributed by atoms with van der Waals surface area (Å²) in [5.41, 5.74) is 2.58. The van der Waals surface area contributed by atoms with Crippen molar-refractivity contribution < 1.29 is 14.6 Å². The number of methoxy groups -OCH3 is 1. The molecule has 2 rings (SSSR count). The molecule has 1 saturated carbocycles. The van der Waals surface area contributed by atoms with Crippen LogP contribution in [-0.4, -0.2) is 18.2 Å². The fraction of sp³-hybridized carbons (Fsp3) is 0.450. The number of aliphatic hydroxyl groups excluding tert-OH is 1. The van der Waals surface area contributed by atoms with Crippen molar-refractivity contribution in [3.05, 3.63) is 60.2 Å². The van der Waals surface area contributed by atoms with Gasteiger partial charge in [0.1, 0.15) is 0 Å². The Hall–Kier alpha value is -1.87. The highest BCUT2D eigenvalue weighted by atomic mass is 16.5.